The molecule has 0 amide bonds. The Hall–Kier alpha value is 0.380. The van der Waals surface area contributed by atoms with Gasteiger partial charge in [-0.15, -0.1) is 11.6 Å². The quantitative estimate of drug-likeness (QED) is 0.486. The molecule has 0 saturated carbocycles. The van der Waals surface area contributed by atoms with E-state index in [-0.39, 0.29) is 0 Å². The van der Waals surface area contributed by atoms with E-state index in [2.05, 4.69) is 24.8 Å². The van der Waals surface area contributed by atoms with Crippen molar-refractivity contribution in [2.75, 3.05) is 17.4 Å². The van der Waals surface area contributed by atoms with Gasteiger partial charge in [-0.3, -0.25) is 0 Å². The molecule has 1 rings (SSSR count). The zero-order valence-corrected chi connectivity index (χ0v) is 8.55. The fraction of sp³-hybridized carbons (Fsp3) is 0.778. The highest BCUT2D eigenvalue weighted by Crippen LogP contribution is 2.25. The van der Waals surface area contributed by atoms with Gasteiger partial charge in [0.15, 0.2) is 0 Å². The molecule has 11 heavy (non-hydrogen) atoms. The molecule has 1 unspecified atom stereocenters. The van der Waals surface area contributed by atoms with Crippen molar-refractivity contribution >= 4 is 23.4 Å². The lowest BCUT2D eigenvalue weighted by molar-refractivity contribution is 0.737. The fourth-order valence-electron chi connectivity index (χ4n) is 1.27. The number of rotatable bonds is 3. The summed E-state index contributed by atoms with van der Waals surface area (Å²) in [5.74, 6) is 4.17. The predicted molar refractivity (Wildman–Crippen MR) is 54.5 cm³/mol. The first-order valence-electron chi connectivity index (χ1n) is 4.20. The third-order valence-corrected chi connectivity index (χ3v) is 3.59. The lowest BCUT2D eigenvalue weighted by Crippen LogP contribution is -1.95. The monoisotopic (exact) mass is 190 g/mol. The molecular formula is C9H15ClS. The second-order valence-corrected chi connectivity index (χ2v) is 4.35. The van der Waals surface area contributed by atoms with Gasteiger partial charge < -0.3 is 0 Å². The number of thioether (sulfide) groups is 1. The molecule has 0 radical (unpaired) electrons. The summed E-state index contributed by atoms with van der Waals surface area (Å²) >= 11 is 7.83. The molecule has 0 aromatic heterocycles. The third kappa shape index (κ3) is 3.08. The van der Waals surface area contributed by atoms with E-state index in [1.54, 1.807) is 0 Å². The maximum absolute atomic E-state index is 5.77. The topological polar surface area (TPSA) is 0 Å². The van der Waals surface area contributed by atoms with E-state index >= 15 is 0 Å². The molecule has 1 saturated heterocycles. The van der Waals surface area contributed by atoms with E-state index in [1.165, 1.54) is 23.5 Å². The molecule has 0 N–H and O–H groups in total. The summed E-state index contributed by atoms with van der Waals surface area (Å²) < 4.78 is 0. The summed E-state index contributed by atoms with van der Waals surface area (Å²) in [6.07, 6.45) is 4.85. The normalized spacial score (nSPS) is 26.0. The Bertz CT molecular complexity index is 130. The minimum atomic E-state index is 0.720. The van der Waals surface area contributed by atoms with Gasteiger partial charge in [0.25, 0.3) is 0 Å². The summed E-state index contributed by atoms with van der Waals surface area (Å²) in [6, 6.07) is 0. The zero-order valence-electron chi connectivity index (χ0n) is 6.98. The summed E-state index contributed by atoms with van der Waals surface area (Å²) in [4.78, 5) is 0. The van der Waals surface area contributed by atoms with Gasteiger partial charge in [-0.1, -0.05) is 18.6 Å². The van der Waals surface area contributed by atoms with Crippen molar-refractivity contribution in [3.8, 4) is 0 Å². The van der Waals surface area contributed by atoms with Crippen molar-refractivity contribution in [1.29, 1.82) is 0 Å². The summed E-state index contributed by atoms with van der Waals surface area (Å²) in [7, 11) is 0. The smallest absolute Gasteiger partial charge is 0.0433 e. The SMILES string of the molecule is CC/C(=C\C1CCSC1)CCl. The molecule has 1 atom stereocenters. The zero-order chi connectivity index (χ0) is 8.10. The van der Waals surface area contributed by atoms with Gasteiger partial charge in [-0.05, 0) is 30.3 Å². The maximum atomic E-state index is 5.77. The lowest BCUT2D eigenvalue weighted by Gasteiger charge is -2.03. The minimum Gasteiger partial charge on any atom is -0.161 e. The summed E-state index contributed by atoms with van der Waals surface area (Å²) in [6.45, 7) is 2.18. The minimum absolute atomic E-state index is 0.720. The van der Waals surface area contributed by atoms with Crippen molar-refractivity contribution in [2.24, 2.45) is 5.92 Å². The van der Waals surface area contributed by atoms with Crippen molar-refractivity contribution < 1.29 is 0 Å². The second kappa shape index (κ2) is 5.10. The van der Waals surface area contributed by atoms with Crippen LogP contribution in [-0.2, 0) is 0 Å². The first-order valence-corrected chi connectivity index (χ1v) is 5.89. The Balaban J connectivity index is 2.40. The number of allylic oxidation sites excluding steroid dienone is 2. The van der Waals surface area contributed by atoms with Gasteiger partial charge in [0.05, 0.1) is 0 Å². The molecule has 1 fully saturated rings. The number of hydrogen-bond donors (Lipinski definition) is 0. The van der Waals surface area contributed by atoms with Crippen molar-refractivity contribution in [3.63, 3.8) is 0 Å². The molecule has 0 aromatic carbocycles. The lowest BCUT2D eigenvalue weighted by atomic mass is 10.0. The number of hydrogen-bond acceptors (Lipinski definition) is 1. The molecule has 0 aliphatic carbocycles. The van der Waals surface area contributed by atoms with Crippen LogP contribution in [0, 0.1) is 5.92 Å². The third-order valence-electron chi connectivity index (χ3n) is 2.06. The van der Waals surface area contributed by atoms with E-state index < -0.39 is 0 Å². The van der Waals surface area contributed by atoms with Gasteiger partial charge in [0.2, 0.25) is 0 Å². The van der Waals surface area contributed by atoms with Crippen LogP contribution < -0.4 is 0 Å². The van der Waals surface area contributed by atoms with Crippen molar-refractivity contribution in [1.82, 2.24) is 0 Å². The van der Waals surface area contributed by atoms with Gasteiger partial charge in [-0.2, -0.15) is 11.8 Å². The van der Waals surface area contributed by atoms with E-state index in [4.69, 9.17) is 11.6 Å². The highest BCUT2D eigenvalue weighted by molar-refractivity contribution is 7.99. The molecule has 64 valence electrons. The molecule has 0 aromatic rings. The average Bonchev–Trinajstić information content (AvgIpc) is 2.52. The Morgan fingerprint density at radius 3 is 3.00 bits per heavy atom. The van der Waals surface area contributed by atoms with Crippen LogP contribution in [-0.4, -0.2) is 17.4 Å². The predicted octanol–water partition coefficient (Wildman–Crippen LogP) is 3.31. The Kier molecular flexibility index (Phi) is 4.39. The summed E-state index contributed by atoms with van der Waals surface area (Å²) in [5, 5.41) is 0. The maximum Gasteiger partial charge on any atom is 0.0433 e. The van der Waals surface area contributed by atoms with E-state index in [1.807, 2.05) is 0 Å². The van der Waals surface area contributed by atoms with Crippen LogP contribution in [0.3, 0.4) is 0 Å². The van der Waals surface area contributed by atoms with Gasteiger partial charge in [0.1, 0.15) is 0 Å². The van der Waals surface area contributed by atoms with Crippen LogP contribution in [0.25, 0.3) is 0 Å². The Morgan fingerprint density at radius 2 is 2.55 bits per heavy atom. The van der Waals surface area contributed by atoms with E-state index in [9.17, 15) is 0 Å². The molecule has 1 aliphatic heterocycles. The van der Waals surface area contributed by atoms with Gasteiger partial charge in [0, 0.05) is 5.88 Å². The van der Waals surface area contributed by atoms with Crippen LogP contribution in [0.2, 0.25) is 0 Å². The molecule has 0 nitrogen and oxygen atoms in total. The first kappa shape index (κ1) is 9.47. The molecule has 0 spiro atoms. The van der Waals surface area contributed by atoms with Crippen LogP contribution in [0.15, 0.2) is 11.6 Å². The highest BCUT2D eigenvalue weighted by atomic mass is 35.5. The summed E-state index contributed by atoms with van der Waals surface area (Å²) in [5.41, 5.74) is 1.42. The van der Waals surface area contributed by atoms with Gasteiger partial charge >= 0.3 is 0 Å². The van der Waals surface area contributed by atoms with E-state index in [0.29, 0.717) is 0 Å². The first-order chi connectivity index (χ1) is 5.36. The molecule has 1 heterocycles. The van der Waals surface area contributed by atoms with Crippen LogP contribution >= 0.6 is 23.4 Å². The second-order valence-electron chi connectivity index (χ2n) is 2.94. The highest BCUT2D eigenvalue weighted by Gasteiger charge is 2.12. The van der Waals surface area contributed by atoms with Crippen molar-refractivity contribution in [3.05, 3.63) is 11.6 Å². The Labute approximate surface area is 78.4 Å². The van der Waals surface area contributed by atoms with Crippen LogP contribution in [0.5, 0.6) is 0 Å². The van der Waals surface area contributed by atoms with E-state index in [0.717, 1.165) is 18.2 Å². The standard InChI is InChI=1S/C9H15ClS/c1-2-8(6-10)5-9-3-4-11-7-9/h5,9H,2-4,6-7H2,1H3/b8-5+. The van der Waals surface area contributed by atoms with Crippen LogP contribution in [0.4, 0.5) is 0 Å². The van der Waals surface area contributed by atoms with Crippen LogP contribution in [0.1, 0.15) is 19.8 Å². The Morgan fingerprint density at radius 1 is 1.73 bits per heavy atom. The number of alkyl halides is 1. The molecular weight excluding hydrogens is 176 g/mol. The largest absolute Gasteiger partial charge is 0.161 e. The molecule has 2 heteroatoms. The molecule has 1 aliphatic rings. The fourth-order valence-corrected chi connectivity index (χ4v) is 2.75. The van der Waals surface area contributed by atoms with Crippen molar-refractivity contribution in [2.45, 2.75) is 19.8 Å². The number of halogens is 1. The van der Waals surface area contributed by atoms with Gasteiger partial charge in [-0.25, -0.2) is 0 Å². The average molecular weight is 191 g/mol. The molecule has 0 bridgehead atoms.